The Balaban J connectivity index is 1.95. The number of hydrogen-bond acceptors (Lipinski definition) is 5. The maximum atomic E-state index is 6.20. The zero-order valence-corrected chi connectivity index (χ0v) is 18.5. The van der Waals surface area contributed by atoms with Gasteiger partial charge in [0.05, 0.1) is 12.2 Å². The van der Waals surface area contributed by atoms with E-state index in [0.717, 1.165) is 41.6 Å². The Morgan fingerprint density at radius 1 is 1.00 bits per heavy atom. The smallest absolute Gasteiger partial charge is 0.190 e. The van der Waals surface area contributed by atoms with Crippen molar-refractivity contribution in [3.05, 3.63) is 24.3 Å². The van der Waals surface area contributed by atoms with Crippen molar-refractivity contribution in [2.75, 3.05) is 12.9 Å². The standard InChI is InChI=1S/C21H33N3O2S/c1-8-13-20(2,3)25-15-14-21(4,5)26-17-11-9-16(10-12-17)18-22-23-19(27-7)24(18)6/h9-12H,8,13-15H2,1-7H3. The summed E-state index contributed by atoms with van der Waals surface area (Å²) in [5.74, 6) is 1.71. The maximum absolute atomic E-state index is 6.20. The largest absolute Gasteiger partial charge is 0.488 e. The third-order valence-electron chi connectivity index (χ3n) is 4.57. The summed E-state index contributed by atoms with van der Waals surface area (Å²) >= 11 is 1.59. The molecule has 0 amide bonds. The number of benzene rings is 1. The second kappa shape index (κ2) is 9.11. The average Bonchev–Trinajstić information content (AvgIpc) is 2.95. The predicted octanol–water partition coefficient (Wildman–Crippen LogP) is 5.35. The molecule has 0 N–H and O–H groups in total. The van der Waals surface area contributed by atoms with Gasteiger partial charge in [-0.05, 0) is 64.6 Å². The Morgan fingerprint density at radius 2 is 1.67 bits per heavy atom. The third-order valence-corrected chi connectivity index (χ3v) is 5.29. The maximum Gasteiger partial charge on any atom is 0.190 e. The molecule has 0 saturated heterocycles. The van der Waals surface area contributed by atoms with Gasteiger partial charge < -0.3 is 14.0 Å². The fourth-order valence-electron chi connectivity index (χ4n) is 3.03. The van der Waals surface area contributed by atoms with Crippen LogP contribution in [0.1, 0.15) is 53.9 Å². The molecule has 5 nitrogen and oxygen atoms in total. The van der Waals surface area contributed by atoms with Crippen molar-refractivity contribution in [2.24, 2.45) is 7.05 Å². The van der Waals surface area contributed by atoms with Crippen molar-refractivity contribution >= 4 is 11.8 Å². The Labute approximate surface area is 167 Å². The lowest BCUT2D eigenvalue weighted by Gasteiger charge is -2.30. The number of rotatable bonds is 10. The van der Waals surface area contributed by atoms with E-state index >= 15 is 0 Å². The monoisotopic (exact) mass is 391 g/mol. The first-order valence-electron chi connectivity index (χ1n) is 9.54. The van der Waals surface area contributed by atoms with E-state index in [9.17, 15) is 0 Å². The van der Waals surface area contributed by atoms with Crippen LogP contribution in [0.25, 0.3) is 11.4 Å². The van der Waals surface area contributed by atoms with Gasteiger partial charge in [0.2, 0.25) is 0 Å². The Morgan fingerprint density at radius 3 is 2.22 bits per heavy atom. The lowest BCUT2D eigenvalue weighted by atomic mass is 10.0. The zero-order chi connectivity index (χ0) is 20.1. The second-order valence-corrected chi connectivity index (χ2v) is 8.84. The lowest BCUT2D eigenvalue weighted by molar-refractivity contribution is -0.0452. The van der Waals surface area contributed by atoms with E-state index in [2.05, 4.69) is 44.8 Å². The first-order chi connectivity index (χ1) is 12.7. The van der Waals surface area contributed by atoms with Gasteiger partial charge in [-0.2, -0.15) is 0 Å². The van der Waals surface area contributed by atoms with Crippen LogP contribution in [-0.4, -0.2) is 38.8 Å². The average molecular weight is 392 g/mol. The van der Waals surface area contributed by atoms with Gasteiger partial charge in [0.1, 0.15) is 11.4 Å². The van der Waals surface area contributed by atoms with E-state index in [1.54, 1.807) is 11.8 Å². The molecule has 1 heterocycles. The molecule has 0 atom stereocenters. The molecule has 2 rings (SSSR count). The van der Waals surface area contributed by atoms with Crippen LogP contribution >= 0.6 is 11.8 Å². The van der Waals surface area contributed by atoms with Crippen molar-refractivity contribution in [2.45, 2.75) is 70.2 Å². The van der Waals surface area contributed by atoms with Crippen molar-refractivity contribution in [1.82, 2.24) is 14.8 Å². The van der Waals surface area contributed by atoms with Crippen LogP contribution in [0.15, 0.2) is 29.4 Å². The molecule has 0 aliphatic heterocycles. The van der Waals surface area contributed by atoms with Gasteiger partial charge in [0.25, 0.3) is 0 Å². The molecule has 1 aromatic carbocycles. The fraction of sp³-hybridized carbons (Fsp3) is 0.619. The van der Waals surface area contributed by atoms with Crippen LogP contribution in [0, 0.1) is 0 Å². The highest BCUT2D eigenvalue weighted by molar-refractivity contribution is 7.98. The van der Waals surface area contributed by atoms with E-state index < -0.39 is 0 Å². The molecular formula is C21H33N3O2S. The first-order valence-corrected chi connectivity index (χ1v) is 10.8. The Hall–Kier alpha value is -1.53. The van der Waals surface area contributed by atoms with Crippen LogP contribution in [0.2, 0.25) is 0 Å². The zero-order valence-electron chi connectivity index (χ0n) is 17.7. The van der Waals surface area contributed by atoms with Crippen LogP contribution in [0.3, 0.4) is 0 Å². The molecule has 6 heteroatoms. The number of ether oxygens (including phenoxy) is 2. The minimum atomic E-state index is -0.291. The van der Waals surface area contributed by atoms with Crippen molar-refractivity contribution < 1.29 is 9.47 Å². The normalized spacial score (nSPS) is 12.4. The molecule has 0 fully saturated rings. The summed E-state index contributed by atoms with van der Waals surface area (Å²) < 4.78 is 14.2. The van der Waals surface area contributed by atoms with E-state index in [4.69, 9.17) is 9.47 Å². The summed E-state index contributed by atoms with van der Waals surface area (Å²) in [7, 11) is 1.98. The highest BCUT2D eigenvalue weighted by Gasteiger charge is 2.23. The van der Waals surface area contributed by atoms with Crippen molar-refractivity contribution in [1.29, 1.82) is 0 Å². The number of nitrogens with zero attached hydrogens (tertiary/aromatic N) is 3. The van der Waals surface area contributed by atoms with E-state index in [0.29, 0.717) is 6.61 Å². The summed E-state index contributed by atoms with van der Waals surface area (Å²) in [6.45, 7) is 11.4. The van der Waals surface area contributed by atoms with Crippen LogP contribution in [0.4, 0.5) is 0 Å². The van der Waals surface area contributed by atoms with Gasteiger partial charge in [-0.1, -0.05) is 25.1 Å². The van der Waals surface area contributed by atoms with Gasteiger partial charge in [-0.3, -0.25) is 0 Å². The molecule has 27 heavy (non-hydrogen) atoms. The highest BCUT2D eigenvalue weighted by Crippen LogP contribution is 2.27. The number of thioether (sulfide) groups is 1. The Bertz CT molecular complexity index is 724. The number of aromatic nitrogens is 3. The molecule has 0 aliphatic rings. The van der Waals surface area contributed by atoms with E-state index in [-0.39, 0.29) is 11.2 Å². The highest BCUT2D eigenvalue weighted by atomic mass is 32.2. The predicted molar refractivity (Wildman–Crippen MR) is 112 cm³/mol. The SMILES string of the molecule is CCCC(C)(C)OCCC(C)(C)Oc1ccc(-c2nnc(SC)n2C)cc1. The molecule has 0 bridgehead atoms. The molecule has 150 valence electrons. The minimum absolute atomic E-state index is 0.0712. The molecule has 2 aromatic rings. The van der Waals surface area contributed by atoms with Gasteiger partial charge >= 0.3 is 0 Å². The van der Waals surface area contributed by atoms with Gasteiger partial charge in [-0.25, -0.2) is 0 Å². The first kappa shape index (κ1) is 21.8. The van der Waals surface area contributed by atoms with E-state index in [1.165, 1.54) is 0 Å². The minimum Gasteiger partial charge on any atom is -0.488 e. The molecule has 0 unspecified atom stereocenters. The summed E-state index contributed by atoms with van der Waals surface area (Å²) in [4.78, 5) is 0. The summed E-state index contributed by atoms with van der Waals surface area (Å²) in [6, 6.07) is 8.04. The molecule has 1 aromatic heterocycles. The fourth-order valence-corrected chi connectivity index (χ4v) is 3.52. The molecular weight excluding hydrogens is 358 g/mol. The van der Waals surface area contributed by atoms with Crippen LogP contribution in [-0.2, 0) is 11.8 Å². The summed E-state index contributed by atoms with van der Waals surface area (Å²) in [5.41, 5.74) is 0.666. The quantitative estimate of drug-likeness (QED) is 0.511. The molecule has 0 saturated carbocycles. The second-order valence-electron chi connectivity index (χ2n) is 8.06. The Kier molecular flexibility index (Phi) is 7.34. The van der Waals surface area contributed by atoms with E-state index in [1.807, 2.05) is 42.1 Å². The lowest BCUT2D eigenvalue weighted by Crippen LogP contribution is -2.32. The molecule has 0 radical (unpaired) electrons. The summed E-state index contributed by atoms with van der Waals surface area (Å²) in [6.07, 6.45) is 5.03. The van der Waals surface area contributed by atoms with Crippen LogP contribution in [0.5, 0.6) is 5.75 Å². The number of hydrogen-bond donors (Lipinski definition) is 0. The topological polar surface area (TPSA) is 49.2 Å². The van der Waals surface area contributed by atoms with Gasteiger partial charge in [0, 0.05) is 19.0 Å². The molecule has 0 spiro atoms. The van der Waals surface area contributed by atoms with Crippen molar-refractivity contribution in [3.63, 3.8) is 0 Å². The van der Waals surface area contributed by atoms with Gasteiger partial charge in [-0.15, -0.1) is 10.2 Å². The van der Waals surface area contributed by atoms with Crippen LogP contribution < -0.4 is 4.74 Å². The third kappa shape index (κ3) is 6.25. The molecule has 0 aliphatic carbocycles. The summed E-state index contributed by atoms with van der Waals surface area (Å²) in [5, 5.41) is 9.36. The van der Waals surface area contributed by atoms with Gasteiger partial charge in [0.15, 0.2) is 11.0 Å². The van der Waals surface area contributed by atoms with Crippen molar-refractivity contribution in [3.8, 4) is 17.1 Å².